The van der Waals surface area contributed by atoms with Gasteiger partial charge in [-0.1, -0.05) is 37.4 Å². The molecule has 0 spiro atoms. The molecule has 0 saturated carbocycles. The van der Waals surface area contributed by atoms with E-state index >= 15 is 0 Å². The molecule has 178 valence electrons. The minimum Gasteiger partial charge on any atom is -0.459 e. The molecule has 0 saturated heterocycles. The molecule has 8 heteroatoms. The van der Waals surface area contributed by atoms with Crippen LogP contribution in [0.1, 0.15) is 34.6 Å². The fraction of sp³-hybridized carbons (Fsp3) is 0.231. The van der Waals surface area contributed by atoms with Crippen molar-refractivity contribution in [3.8, 4) is 11.1 Å². The lowest BCUT2D eigenvalue weighted by Gasteiger charge is -2.08. The smallest absolute Gasteiger partial charge is 0.338 e. The van der Waals surface area contributed by atoms with Gasteiger partial charge in [0.15, 0.2) is 0 Å². The summed E-state index contributed by atoms with van der Waals surface area (Å²) in [7, 11) is 0. The standard InChI is InChI=1S/C26H26O8/c1-17(2)23(27)31-13-15-33-25(29)21-9-5-19(6-10-21)20-7-11-22(12-8-20)26(30)34-16-14-32-24(28)18(3)4/h5-12H,1,3,13-16H2,2,4H3. The maximum absolute atomic E-state index is 12.1. The second kappa shape index (κ2) is 12.7. The van der Waals surface area contributed by atoms with E-state index in [0.29, 0.717) is 11.1 Å². The summed E-state index contributed by atoms with van der Waals surface area (Å²) in [6, 6.07) is 13.5. The highest BCUT2D eigenvalue weighted by atomic mass is 16.6. The Morgan fingerprint density at radius 1 is 0.559 bits per heavy atom. The van der Waals surface area contributed by atoms with E-state index in [1.807, 2.05) is 0 Å². The van der Waals surface area contributed by atoms with E-state index < -0.39 is 23.9 Å². The zero-order valence-electron chi connectivity index (χ0n) is 19.1. The summed E-state index contributed by atoms with van der Waals surface area (Å²) in [4.78, 5) is 46.8. The molecule has 0 radical (unpaired) electrons. The Balaban J connectivity index is 1.84. The van der Waals surface area contributed by atoms with Crippen LogP contribution in [0, 0.1) is 0 Å². The van der Waals surface area contributed by atoms with E-state index in [9.17, 15) is 19.2 Å². The lowest BCUT2D eigenvalue weighted by atomic mass is 10.0. The normalized spacial score (nSPS) is 10.1. The second-order valence-corrected chi connectivity index (χ2v) is 7.26. The van der Waals surface area contributed by atoms with Crippen molar-refractivity contribution < 1.29 is 38.1 Å². The Kier molecular flexibility index (Phi) is 9.76. The fourth-order valence-electron chi connectivity index (χ4n) is 2.55. The summed E-state index contributed by atoms with van der Waals surface area (Å²) in [6.07, 6.45) is 0. The molecule has 2 rings (SSSR count). The van der Waals surface area contributed by atoms with Crippen molar-refractivity contribution in [2.45, 2.75) is 13.8 Å². The van der Waals surface area contributed by atoms with Crippen molar-refractivity contribution >= 4 is 23.9 Å². The van der Waals surface area contributed by atoms with Crippen LogP contribution in [0.3, 0.4) is 0 Å². The lowest BCUT2D eigenvalue weighted by molar-refractivity contribution is -0.140. The molecule has 0 unspecified atom stereocenters. The van der Waals surface area contributed by atoms with Crippen LogP contribution in [-0.2, 0) is 28.5 Å². The molecule has 0 N–H and O–H groups in total. The topological polar surface area (TPSA) is 105 Å². The number of carbonyl (C=O) groups is 4. The predicted molar refractivity (Wildman–Crippen MR) is 124 cm³/mol. The van der Waals surface area contributed by atoms with Crippen LogP contribution in [0.15, 0.2) is 72.8 Å². The first-order chi connectivity index (χ1) is 16.2. The van der Waals surface area contributed by atoms with Gasteiger partial charge in [-0.05, 0) is 49.2 Å². The number of carbonyl (C=O) groups excluding carboxylic acids is 4. The second-order valence-electron chi connectivity index (χ2n) is 7.26. The largest absolute Gasteiger partial charge is 0.459 e. The van der Waals surface area contributed by atoms with E-state index in [1.54, 1.807) is 48.5 Å². The molecule has 0 aromatic heterocycles. The highest BCUT2D eigenvalue weighted by Crippen LogP contribution is 2.21. The minimum atomic E-state index is -0.538. The van der Waals surface area contributed by atoms with Crippen molar-refractivity contribution in [1.29, 1.82) is 0 Å². The molecule has 2 aromatic rings. The zero-order chi connectivity index (χ0) is 25.1. The van der Waals surface area contributed by atoms with Crippen molar-refractivity contribution in [3.05, 3.63) is 84.0 Å². The summed E-state index contributed by atoms with van der Waals surface area (Å²) >= 11 is 0. The maximum Gasteiger partial charge on any atom is 0.338 e. The van der Waals surface area contributed by atoms with Gasteiger partial charge in [0.1, 0.15) is 26.4 Å². The van der Waals surface area contributed by atoms with Crippen LogP contribution >= 0.6 is 0 Å². The SMILES string of the molecule is C=C(C)C(=O)OCCOC(=O)c1ccc(-c2ccc(C(=O)OCCOC(=O)C(=C)C)cc2)cc1. The van der Waals surface area contributed by atoms with Crippen LogP contribution in [0.25, 0.3) is 11.1 Å². The zero-order valence-corrected chi connectivity index (χ0v) is 19.1. The van der Waals surface area contributed by atoms with E-state index in [2.05, 4.69) is 13.2 Å². The highest BCUT2D eigenvalue weighted by Gasteiger charge is 2.11. The molecule has 0 aliphatic heterocycles. The van der Waals surface area contributed by atoms with Gasteiger partial charge in [0.05, 0.1) is 11.1 Å². The van der Waals surface area contributed by atoms with Crippen molar-refractivity contribution in [2.75, 3.05) is 26.4 Å². The Bertz CT molecular complexity index is 977. The van der Waals surface area contributed by atoms with Gasteiger partial charge in [-0.15, -0.1) is 0 Å². The number of benzene rings is 2. The summed E-state index contributed by atoms with van der Waals surface area (Å²) in [5, 5.41) is 0. The molecule has 0 amide bonds. The first-order valence-corrected chi connectivity index (χ1v) is 10.4. The quantitative estimate of drug-likeness (QED) is 0.212. The number of hydrogen-bond donors (Lipinski definition) is 0. The molecule has 0 heterocycles. The molecule has 34 heavy (non-hydrogen) atoms. The predicted octanol–water partition coefficient (Wildman–Crippen LogP) is 3.91. The van der Waals surface area contributed by atoms with E-state index in [-0.39, 0.29) is 37.6 Å². The third-order valence-electron chi connectivity index (χ3n) is 4.37. The average molecular weight is 466 g/mol. The lowest BCUT2D eigenvalue weighted by Crippen LogP contribution is -2.14. The summed E-state index contributed by atoms with van der Waals surface area (Å²) in [5.74, 6) is -2.15. The third kappa shape index (κ3) is 8.05. The first-order valence-electron chi connectivity index (χ1n) is 10.4. The van der Waals surface area contributed by atoms with Crippen LogP contribution < -0.4 is 0 Å². The number of rotatable bonds is 11. The van der Waals surface area contributed by atoms with Gasteiger partial charge in [-0.3, -0.25) is 0 Å². The fourth-order valence-corrected chi connectivity index (χ4v) is 2.55. The Morgan fingerprint density at radius 3 is 1.15 bits per heavy atom. The van der Waals surface area contributed by atoms with Gasteiger partial charge in [0.25, 0.3) is 0 Å². The summed E-state index contributed by atoms with van der Waals surface area (Å²) < 4.78 is 19.9. The van der Waals surface area contributed by atoms with Gasteiger partial charge in [0.2, 0.25) is 0 Å². The van der Waals surface area contributed by atoms with Gasteiger partial charge in [0, 0.05) is 11.1 Å². The molecular formula is C26H26O8. The minimum absolute atomic E-state index is 0.0516. The Labute approximate surface area is 197 Å². The molecule has 2 aromatic carbocycles. The summed E-state index contributed by atoms with van der Waals surface area (Å²) in [5.41, 5.74) is 2.91. The van der Waals surface area contributed by atoms with E-state index in [1.165, 1.54) is 13.8 Å². The molecule has 0 aliphatic rings. The van der Waals surface area contributed by atoms with Crippen LogP contribution in [0.2, 0.25) is 0 Å². The summed E-state index contributed by atoms with van der Waals surface area (Å²) in [6.45, 7) is 9.76. The van der Waals surface area contributed by atoms with Crippen molar-refractivity contribution in [3.63, 3.8) is 0 Å². The highest BCUT2D eigenvalue weighted by molar-refractivity contribution is 5.91. The van der Waals surface area contributed by atoms with Gasteiger partial charge in [-0.2, -0.15) is 0 Å². The van der Waals surface area contributed by atoms with Crippen LogP contribution in [0.4, 0.5) is 0 Å². The van der Waals surface area contributed by atoms with Gasteiger partial charge in [-0.25, -0.2) is 19.2 Å². The van der Waals surface area contributed by atoms with Crippen molar-refractivity contribution in [2.24, 2.45) is 0 Å². The van der Waals surface area contributed by atoms with Crippen molar-refractivity contribution in [1.82, 2.24) is 0 Å². The maximum atomic E-state index is 12.1. The molecule has 0 atom stereocenters. The van der Waals surface area contributed by atoms with Gasteiger partial charge >= 0.3 is 23.9 Å². The molecule has 8 nitrogen and oxygen atoms in total. The molecular weight excluding hydrogens is 440 g/mol. The first kappa shape index (κ1) is 26.1. The Morgan fingerprint density at radius 2 is 0.853 bits per heavy atom. The number of ether oxygens (including phenoxy) is 4. The number of esters is 4. The number of hydrogen-bond acceptors (Lipinski definition) is 8. The molecule has 0 aliphatic carbocycles. The van der Waals surface area contributed by atoms with E-state index in [4.69, 9.17) is 18.9 Å². The molecule has 0 bridgehead atoms. The molecule has 0 fully saturated rings. The Hall–Kier alpha value is -4.20. The van der Waals surface area contributed by atoms with Crippen LogP contribution in [-0.4, -0.2) is 50.3 Å². The third-order valence-corrected chi connectivity index (χ3v) is 4.37. The van der Waals surface area contributed by atoms with Gasteiger partial charge < -0.3 is 18.9 Å². The average Bonchev–Trinajstić information content (AvgIpc) is 2.83. The van der Waals surface area contributed by atoms with Crippen LogP contribution in [0.5, 0.6) is 0 Å². The monoisotopic (exact) mass is 466 g/mol. The van der Waals surface area contributed by atoms with E-state index in [0.717, 1.165) is 11.1 Å².